The molecule has 0 saturated carbocycles. The standard InChI is InChI=1S/C11H5F9O3/c1-22-8(21)23-6-3-4(9(12,13)14)2-5(10(15,16)17)7(6)11(18,19)20/h2-3H,1H3. The van der Waals surface area contributed by atoms with Gasteiger partial charge in [-0.3, -0.25) is 0 Å². The lowest BCUT2D eigenvalue weighted by Crippen LogP contribution is -2.22. The number of benzene rings is 1. The van der Waals surface area contributed by atoms with E-state index in [1.165, 1.54) is 0 Å². The molecule has 0 N–H and O–H groups in total. The Balaban J connectivity index is 3.78. The summed E-state index contributed by atoms with van der Waals surface area (Å²) in [7, 11) is 0.605. The van der Waals surface area contributed by atoms with Gasteiger partial charge < -0.3 is 9.47 Å². The molecule has 23 heavy (non-hydrogen) atoms. The van der Waals surface area contributed by atoms with E-state index in [1.807, 2.05) is 0 Å². The Hall–Kier alpha value is -2.14. The number of methoxy groups -OCH3 is 1. The van der Waals surface area contributed by atoms with Crippen LogP contribution >= 0.6 is 0 Å². The number of carbonyl (C=O) groups is 1. The van der Waals surface area contributed by atoms with E-state index in [1.54, 1.807) is 0 Å². The van der Waals surface area contributed by atoms with Gasteiger partial charge in [-0.05, 0) is 12.1 Å². The summed E-state index contributed by atoms with van der Waals surface area (Å²) < 4.78 is 122. The maximum absolute atomic E-state index is 12.8. The van der Waals surface area contributed by atoms with Crippen LogP contribution in [0.15, 0.2) is 12.1 Å². The number of ether oxygens (including phenoxy) is 2. The van der Waals surface area contributed by atoms with E-state index in [0.717, 1.165) is 0 Å². The van der Waals surface area contributed by atoms with E-state index in [2.05, 4.69) is 9.47 Å². The van der Waals surface area contributed by atoms with Crippen LogP contribution in [0.2, 0.25) is 0 Å². The predicted molar refractivity (Wildman–Crippen MR) is 54.5 cm³/mol. The monoisotopic (exact) mass is 356 g/mol. The Labute approximate surface area is 121 Å². The van der Waals surface area contributed by atoms with Crippen molar-refractivity contribution >= 4 is 6.16 Å². The molecule has 130 valence electrons. The van der Waals surface area contributed by atoms with E-state index < -0.39 is 53.2 Å². The van der Waals surface area contributed by atoms with Crippen molar-refractivity contribution < 1.29 is 53.8 Å². The molecular formula is C11H5F9O3. The molecule has 0 amide bonds. The van der Waals surface area contributed by atoms with Gasteiger partial charge in [0.1, 0.15) is 11.3 Å². The predicted octanol–water partition coefficient (Wildman–Crippen LogP) is 4.89. The zero-order valence-corrected chi connectivity index (χ0v) is 10.8. The highest BCUT2D eigenvalue weighted by Crippen LogP contribution is 2.47. The van der Waals surface area contributed by atoms with Crippen molar-refractivity contribution in [2.24, 2.45) is 0 Å². The van der Waals surface area contributed by atoms with Gasteiger partial charge in [0.05, 0.1) is 18.2 Å². The fourth-order valence-corrected chi connectivity index (χ4v) is 1.51. The Morgan fingerprint density at radius 2 is 1.39 bits per heavy atom. The normalized spacial score (nSPS) is 13.0. The largest absolute Gasteiger partial charge is 0.513 e. The Morgan fingerprint density at radius 1 is 0.870 bits per heavy atom. The zero-order chi connectivity index (χ0) is 18.2. The first-order valence-electron chi connectivity index (χ1n) is 5.33. The third-order valence-corrected chi connectivity index (χ3v) is 2.38. The molecule has 0 unspecified atom stereocenters. The summed E-state index contributed by atoms with van der Waals surface area (Å²) in [4.78, 5) is 10.8. The fourth-order valence-electron chi connectivity index (χ4n) is 1.51. The second-order valence-corrected chi connectivity index (χ2v) is 3.95. The van der Waals surface area contributed by atoms with E-state index >= 15 is 0 Å². The van der Waals surface area contributed by atoms with Crippen LogP contribution in [0.1, 0.15) is 16.7 Å². The van der Waals surface area contributed by atoms with E-state index in [4.69, 9.17) is 0 Å². The van der Waals surface area contributed by atoms with Gasteiger partial charge in [-0.1, -0.05) is 0 Å². The second-order valence-electron chi connectivity index (χ2n) is 3.95. The van der Waals surface area contributed by atoms with Crippen LogP contribution in [0, 0.1) is 0 Å². The second kappa shape index (κ2) is 5.81. The van der Waals surface area contributed by atoms with Crippen molar-refractivity contribution in [2.75, 3.05) is 7.11 Å². The molecular weight excluding hydrogens is 351 g/mol. The van der Waals surface area contributed by atoms with E-state index in [-0.39, 0.29) is 6.07 Å². The maximum Gasteiger partial charge on any atom is 0.513 e. The highest BCUT2D eigenvalue weighted by molar-refractivity contribution is 5.65. The van der Waals surface area contributed by atoms with Crippen LogP contribution < -0.4 is 4.74 Å². The molecule has 0 atom stereocenters. The van der Waals surface area contributed by atoms with Gasteiger partial charge in [-0.25, -0.2) is 4.79 Å². The first kappa shape index (κ1) is 18.9. The smallest absolute Gasteiger partial charge is 0.437 e. The summed E-state index contributed by atoms with van der Waals surface area (Å²) >= 11 is 0. The average Bonchev–Trinajstić information content (AvgIpc) is 2.34. The number of carbonyl (C=O) groups excluding carboxylic acids is 1. The summed E-state index contributed by atoms with van der Waals surface area (Å²) in [6, 6.07) is -1.08. The number of rotatable bonds is 1. The molecule has 1 aromatic carbocycles. The number of hydrogen-bond donors (Lipinski definition) is 0. The number of halogens is 9. The molecule has 0 aliphatic rings. The minimum Gasteiger partial charge on any atom is -0.437 e. The van der Waals surface area contributed by atoms with Crippen molar-refractivity contribution in [3.8, 4) is 5.75 Å². The van der Waals surface area contributed by atoms with Gasteiger partial charge in [0.2, 0.25) is 0 Å². The summed E-state index contributed by atoms with van der Waals surface area (Å²) in [6.07, 6.45) is -18.8. The van der Waals surface area contributed by atoms with Gasteiger partial charge >= 0.3 is 24.7 Å². The van der Waals surface area contributed by atoms with Crippen LogP contribution in [-0.2, 0) is 23.3 Å². The summed E-state index contributed by atoms with van der Waals surface area (Å²) in [5, 5.41) is 0. The molecule has 0 heterocycles. The molecule has 12 heteroatoms. The summed E-state index contributed by atoms with van der Waals surface area (Å²) in [5.74, 6) is -1.97. The molecule has 3 nitrogen and oxygen atoms in total. The van der Waals surface area contributed by atoms with Crippen molar-refractivity contribution in [1.29, 1.82) is 0 Å². The average molecular weight is 356 g/mol. The summed E-state index contributed by atoms with van der Waals surface area (Å²) in [5.41, 5.74) is -7.28. The van der Waals surface area contributed by atoms with Gasteiger partial charge in [-0.2, -0.15) is 39.5 Å². The van der Waals surface area contributed by atoms with Crippen molar-refractivity contribution in [1.82, 2.24) is 0 Å². The summed E-state index contributed by atoms with van der Waals surface area (Å²) in [6.45, 7) is 0. The van der Waals surface area contributed by atoms with Crippen LogP contribution in [0.3, 0.4) is 0 Å². The minimum absolute atomic E-state index is 0.366. The highest BCUT2D eigenvalue weighted by atomic mass is 19.4. The van der Waals surface area contributed by atoms with Crippen LogP contribution in [0.25, 0.3) is 0 Å². The van der Waals surface area contributed by atoms with Crippen LogP contribution in [0.5, 0.6) is 5.75 Å². The van der Waals surface area contributed by atoms with E-state index in [0.29, 0.717) is 7.11 Å². The fraction of sp³-hybridized carbons (Fsp3) is 0.364. The highest BCUT2D eigenvalue weighted by Gasteiger charge is 2.48. The van der Waals surface area contributed by atoms with Gasteiger partial charge in [0, 0.05) is 0 Å². The lowest BCUT2D eigenvalue weighted by Gasteiger charge is -2.20. The molecule has 1 rings (SSSR count). The lowest BCUT2D eigenvalue weighted by molar-refractivity contribution is -0.164. The molecule has 0 aliphatic carbocycles. The Morgan fingerprint density at radius 3 is 1.74 bits per heavy atom. The Kier molecular flexibility index (Phi) is 4.78. The molecule has 0 aromatic heterocycles. The van der Waals surface area contributed by atoms with Gasteiger partial charge in [0.15, 0.2) is 0 Å². The molecule has 0 spiro atoms. The van der Waals surface area contributed by atoms with Crippen LogP contribution in [-0.4, -0.2) is 13.3 Å². The maximum atomic E-state index is 12.8. The first-order chi connectivity index (χ1) is 10.2. The molecule has 0 fully saturated rings. The quantitative estimate of drug-likeness (QED) is 0.408. The van der Waals surface area contributed by atoms with Crippen molar-refractivity contribution in [3.05, 3.63) is 28.8 Å². The van der Waals surface area contributed by atoms with Gasteiger partial charge in [0.25, 0.3) is 0 Å². The van der Waals surface area contributed by atoms with Gasteiger partial charge in [-0.15, -0.1) is 0 Å². The van der Waals surface area contributed by atoms with Crippen molar-refractivity contribution in [3.63, 3.8) is 0 Å². The van der Waals surface area contributed by atoms with Crippen LogP contribution in [0.4, 0.5) is 44.3 Å². The minimum atomic E-state index is -5.78. The molecule has 0 radical (unpaired) electrons. The third-order valence-electron chi connectivity index (χ3n) is 2.38. The van der Waals surface area contributed by atoms with E-state index in [9.17, 15) is 44.3 Å². The third kappa shape index (κ3) is 4.42. The molecule has 1 aromatic rings. The molecule has 0 saturated heterocycles. The number of alkyl halides is 9. The topological polar surface area (TPSA) is 35.5 Å². The lowest BCUT2D eigenvalue weighted by atomic mass is 10.0. The van der Waals surface area contributed by atoms with Crippen molar-refractivity contribution in [2.45, 2.75) is 18.5 Å². The Bertz CT molecular complexity index is 598. The zero-order valence-electron chi connectivity index (χ0n) is 10.8. The number of hydrogen-bond acceptors (Lipinski definition) is 3. The molecule has 0 aliphatic heterocycles. The SMILES string of the molecule is COC(=O)Oc1cc(C(F)(F)F)cc(C(F)(F)F)c1C(F)(F)F. The first-order valence-corrected chi connectivity index (χ1v) is 5.33. The molecule has 0 bridgehead atoms.